The Hall–Kier alpha value is -3.92. The van der Waals surface area contributed by atoms with Crippen LogP contribution in [0.15, 0.2) is 66.9 Å². The average Bonchev–Trinajstić information content (AvgIpc) is 2.88. The summed E-state index contributed by atoms with van der Waals surface area (Å²) in [4.78, 5) is 6.40. The number of rotatable bonds is 9. The van der Waals surface area contributed by atoms with Crippen molar-refractivity contribution in [3.63, 3.8) is 0 Å². The van der Waals surface area contributed by atoms with Crippen molar-refractivity contribution in [2.45, 2.75) is 12.8 Å². The van der Waals surface area contributed by atoms with Crippen molar-refractivity contribution < 1.29 is 36.5 Å². The summed E-state index contributed by atoms with van der Waals surface area (Å²) in [6, 6.07) is 13.8. The maximum absolute atomic E-state index is 14.9. The highest BCUT2D eigenvalue weighted by Crippen LogP contribution is 2.36. The van der Waals surface area contributed by atoms with Gasteiger partial charge < -0.3 is 14.6 Å². The molecule has 0 radical (unpaired) electrons. The number of phenols is 1. The molecule has 39 heavy (non-hydrogen) atoms. The fourth-order valence-electron chi connectivity index (χ4n) is 4.57. The molecule has 0 amide bonds. The number of alkyl halides is 4. The van der Waals surface area contributed by atoms with Crippen molar-refractivity contribution in [2.75, 3.05) is 32.9 Å². The number of pyridine rings is 1. The first kappa shape index (κ1) is 26.7. The summed E-state index contributed by atoms with van der Waals surface area (Å²) in [6.07, 6.45) is -3.31. The lowest BCUT2D eigenvalue weighted by molar-refractivity contribution is -0.137. The Balaban J connectivity index is 1.33. The van der Waals surface area contributed by atoms with Gasteiger partial charge in [0.25, 0.3) is 0 Å². The standard InChI is InChI=1S/C29H25F5N2O3/c30-13-18-15-36(16-18)9-10-38-21-3-5-22(6-4-21)39-17-26-24-8-2-20(37)12-28(24)35-14-25(26)23-7-1-19(11-27(23)31)29(32,33)34/h1-8,11-12,14,18,37H,9-10,13,15-17H2. The van der Waals surface area contributed by atoms with Gasteiger partial charge in [-0.3, -0.25) is 14.3 Å². The van der Waals surface area contributed by atoms with E-state index >= 15 is 0 Å². The van der Waals surface area contributed by atoms with Gasteiger partial charge in [0, 0.05) is 59.9 Å². The third-order valence-electron chi connectivity index (χ3n) is 6.69. The summed E-state index contributed by atoms with van der Waals surface area (Å²) in [6.45, 7) is 2.34. The molecule has 0 unspecified atom stereocenters. The van der Waals surface area contributed by atoms with Crippen LogP contribution in [-0.2, 0) is 12.8 Å². The van der Waals surface area contributed by atoms with E-state index in [-0.39, 0.29) is 36.1 Å². The van der Waals surface area contributed by atoms with Gasteiger partial charge in [-0.1, -0.05) is 6.07 Å². The number of halogens is 5. The molecule has 10 heteroatoms. The Morgan fingerprint density at radius 3 is 2.31 bits per heavy atom. The number of ether oxygens (including phenoxy) is 2. The van der Waals surface area contributed by atoms with Crippen LogP contribution in [-0.4, -0.2) is 47.9 Å². The van der Waals surface area contributed by atoms with Crippen LogP contribution in [0.5, 0.6) is 17.2 Å². The second kappa shape index (κ2) is 11.1. The van der Waals surface area contributed by atoms with E-state index in [2.05, 4.69) is 9.88 Å². The Kier molecular flexibility index (Phi) is 7.56. The third kappa shape index (κ3) is 6.06. The molecule has 0 saturated carbocycles. The smallest absolute Gasteiger partial charge is 0.416 e. The molecule has 3 aromatic carbocycles. The van der Waals surface area contributed by atoms with Crippen molar-refractivity contribution in [1.82, 2.24) is 9.88 Å². The third-order valence-corrected chi connectivity index (χ3v) is 6.69. The number of benzene rings is 3. The molecule has 1 fully saturated rings. The first-order chi connectivity index (χ1) is 18.7. The second-order valence-corrected chi connectivity index (χ2v) is 9.43. The lowest BCUT2D eigenvalue weighted by Gasteiger charge is -2.37. The summed E-state index contributed by atoms with van der Waals surface area (Å²) in [5, 5.41) is 10.4. The van der Waals surface area contributed by atoms with Crippen LogP contribution < -0.4 is 9.47 Å². The number of hydrogen-bond acceptors (Lipinski definition) is 5. The van der Waals surface area contributed by atoms with Crippen molar-refractivity contribution in [1.29, 1.82) is 0 Å². The van der Waals surface area contributed by atoms with Gasteiger partial charge in [-0.25, -0.2) is 4.39 Å². The van der Waals surface area contributed by atoms with Gasteiger partial charge >= 0.3 is 6.18 Å². The van der Waals surface area contributed by atoms with Crippen LogP contribution in [0.4, 0.5) is 22.0 Å². The Morgan fingerprint density at radius 1 is 0.923 bits per heavy atom. The van der Waals surface area contributed by atoms with Gasteiger partial charge in [0.05, 0.1) is 17.8 Å². The number of likely N-dealkylation sites (tertiary alicyclic amines) is 1. The largest absolute Gasteiger partial charge is 0.508 e. The predicted molar refractivity (Wildman–Crippen MR) is 136 cm³/mol. The van der Waals surface area contributed by atoms with Crippen molar-refractivity contribution in [2.24, 2.45) is 5.92 Å². The number of fused-ring (bicyclic) bond motifs is 1. The fourth-order valence-corrected chi connectivity index (χ4v) is 4.57. The predicted octanol–water partition coefficient (Wildman–Crippen LogP) is 6.62. The van der Waals surface area contributed by atoms with Crippen LogP contribution in [0.1, 0.15) is 11.1 Å². The van der Waals surface area contributed by atoms with E-state index in [1.54, 1.807) is 30.3 Å². The fraction of sp³-hybridized carbons (Fsp3) is 0.276. The quantitative estimate of drug-likeness (QED) is 0.240. The van der Waals surface area contributed by atoms with Gasteiger partial charge in [-0.15, -0.1) is 0 Å². The van der Waals surface area contributed by atoms with E-state index in [0.29, 0.717) is 47.2 Å². The number of phenolic OH excluding ortho intramolecular Hbond substituents is 1. The molecule has 5 nitrogen and oxygen atoms in total. The summed E-state index contributed by atoms with van der Waals surface area (Å²) in [5.74, 6) is 0.217. The summed E-state index contributed by atoms with van der Waals surface area (Å²) < 4.78 is 78.4. The monoisotopic (exact) mass is 544 g/mol. The molecular formula is C29H25F5N2O3. The first-order valence-corrected chi connectivity index (χ1v) is 12.3. The molecule has 1 N–H and O–H groups in total. The van der Waals surface area contributed by atoms with E-state index in [4.69, 9.17) is 9.47 Å². The van der Waals surface area contributed by atoms with Gasteiger partial charge in [0.1, 0.15) is 36.3 Å². The first-order valence-electron chi connectivity index (χ1n) is 12.3. The van der Waals surface area contributed by atoms with Crippen molar-refractivity contribution in [3.8, 4) is 28.4 Å². The van der Waals surface area contributed by atoms with Crippen LogP contribution in [0.2, 0.25) is 0 Å². The summed E-state index contributed by atoms with van der Waals surface area (Å²) >= 11 is 0. The zero-order chi connectivity index (χ0) is 27.6. The molecule has 0 atom stereocenters. The highest BCUT2D eigenvalue weighted by molar-refractivity contribution is 5.89. The van der Waals surface area contributed by atoms with E-state index in [1.807, 2.05) is 0 Å². The Morgan fingerprint density at radius 2 is 1.64 bits per heavy atom. The molecule has 1 saturated heterocycles. The van der Waals surface area contributed by atoms with Crippen LogP contribution in [0, 0.1) is 11.7 Å². The topological polar surface area (TPSA) is 54.8 Å². The normalized spacial score (nSPS) is 14.4. The van der Waals surface area contributed by atoms with Crippen LogP contribution >= 0.6 is 0 Å². The van der Waals surface area contributed by atoms with Gasteiger partial charge in [0.2, 0.25) is 0 Å². The number of aromatic hydroxyl groups is 1. The minimum absolute atomic E-state index is 0.0118. The van der Waals surface area contributed by atoms with Gasteiger partial charge in [-0.05, 0) is 48.5 Å². The van der Waals surface area contributed by atoms with Crippen molar-refractivity contribution >= 4 is 10.9 Å². The maximum Gasteiger partial charge on any atom is 0.416 e. The molecular weight excluding hydrogens is 519 g/mol. The minimum atomic E-state index is -4.67. The maximum atomic E-state index is 14.9. The molecule has 204 valence electrons. The molecule has 1 aromatic heterocycles. The molecule has 4 aromatic rings. The SMILES string of the molecule is Oc1ccc2c(COc3ccc(OCCN4CC(CF)C4)cc3)c(-c3ccc(C(F)(F)F)cc3F)cnc2c1. The van der Waals surface area contributed by atoms with Crippen LogP contribution in [0.25, 0.3) is 22.0 Å². The second-order valence-electron chi connectivity index (χ2n) is 9.43. The molecule has 0 spiro atoms. The highest BCUT2D eigenvalue weighted by Gasteiger charge is 2.31. The van der Waals surface area contributed by atoms with Crippen LogP contribution in [0.3, 0.4) is 0 Å². The molecule has 1 aliphatic heterocycles. The minimum Gasteiger partial charge on any atom is -0.508 e. The number of aromatic nitrogens is 1. The average molecular weight is 545 g/mol. The number of nitrogens with zero attached hydrogens (tertiary/aromatic N) is 2. The summed E-state index contributed by atoms with van der Waals surface area (Å²) in [5.41, 5.74) is 0.0677. The lowest BCUT2D eigenvalue weighted by Crippen LogP contribution is -2.49. The van der Waals surface area contributed by atoms with E-state index in [1.165, 1.54) is 18.3 Å². The molecule has 5 rings (SSSR count). The van der Waals surface area contributed by atoms with E-state index in [9.17, 15) is 27.1 Å². The molecule has 2 heterocycles. The van der Waals surface area contributed by atoms with E-state index in [0.717, 1.165) is 25.2 Å². The molecule has 1 aliphatic rings. The Bertz CT molecular complexity index is 1450. The molecule has 0 aliphatic carbocycles. The van der Waals surface area contributed by atoms with Gasteiger partial charge in [-0.2, -0.15) is 13.2 Å². The summed E-state index contributed by atoms with van der Waals surface area (Å²) in [7, 11) is 0. The Labute approximate surface area is 221 Å². The van der Waals surface area contributed by atoms with Crippen molar-refractivity contribution in [3.05, 3.63) is 83.8 Å². The lowest BCUT2D eigenvalue weighted by atomic mass is 9.96. The number of hydrogen-bond donors (Lipinski definition) is 1. The highest BCUT2D eigenvalue weighted by atomic mass is 19.4. The molecule has 0 bridgehead atoms. The van der Waals surface area contributed by atoms with E-state index < -0.39 is 17.6 Å². The zero-order valence-electron chi connectivity index (χ0n) is 20.7. The van der Waals surface area contributed by atoms with Gasteiger partial charge in [0.15, 0.2) is 0 Å². The zero-order valence-corrected chi connectivity index (χ0v) is 20.7.